The summed E-state index contributed by atoms with van der Waals surface area (Å²) in [7, 11) is -3.31. The number of hydrogen-bond donors (Lipinski definition) is 2. The Hall–Kier alpha value is -0.750. The number of nitrogen functional groups attached to an aromatic ring is 1. The molecule has 0 heterocycles. The van der Waals surface area contributed by atoms with Gasteiger partial charge in [0.2, 0.25) is 0 Å². The minimum Gasteiger partial charge on any atom is -0.506 e. The van der Waals surface area contributed by atoms with Crippen molar-refractivity contribution in [2.45, 2.75) is 4.90 Å². The molecule has 0 bridgehead atoms. The maximum atomic E-state index is 11.2. The summed E-state index contributed by atoms with van der Waals surface area (Å²) in [5, 5.41) is 9.14. The van der Waals surface area contributed by atoms with E-state index < -0.39 is 9.84 Å². The van der Waals surface area contributed by atoms with E-state index in [9.17, 15) is 8.42 Å². The maximum Gasteiger partial charge on any atom is 0.176 e. The number of aromatic hydroxyl groups is 1. The molecule has 1 aromatic carbocycles. The van der Waals surface area contributed by atoms with E-state index in [1.807, 2.05) is 0 Å². The molecule has 1 rings (SSSR count). The van der Waals surface area contributed by atoms with Crippen LogP contribution in [0.15, 0.2) is 21.5 Å². The molecule has 0 aliphatic heterocycles. The Morgan fingerprint density at radius 1 is 1.46 bits per heavy atom. The SMILES string of the molecule is CS(=O)(=O)c1ccc(O)c(N)c1Br. The molecule has 0 aliphatic carbocycles. The van der Waals surface area contributed by atoms with E-state index in [1.54, 1.807) is 0 Å². The molecular weight excluding hydrogens is 258 g/mol. The van der Waals surface area contributed by atoms with Crippen LogP contribution in [-0.2, 0) is 9.84 Å². The minimum absolute atomic E-state index is 0.0305. The van der Waals surface area contributed by atoms with Crippen LogP contribution in [0.5, 0.6) is 5.75 Å². The number of phenols is 1. The first-order valence-electron chi connectivity index (χ1n) is 3.31. The van der Waals surface area contributed by atoms with Crippen molar-refractivity contribution in [3.63, 3.8) is 0 Å². The van der Waals surface area contributed by atoms with E-state index in [-0.39, 0.29) is 20.8 Å². The molecule has 0 aromatic heterocycles. The van der Waals surface area contributed by atoms with E-state index in [4.69, 9.17) is 10.8 Å². The highest BCUT2D eigenvalue weighted by atomic mass is 79.9. The number of benzene rings is 1. The van der Waals surface area contributed by atoms with E-state index in [0.717, 1.165) is 6.26 Å². The quantitative estimate of drug-likeness (QED) is 0.590. The standard InChI is InChI=1S/C7H8BrNO3S/c1-13(11,12)5-3-2-4(10)7(9)6(5)8/h2-3,10H,9H2,1H3. The summed E-state index contributed by atoms with van der Waals surface area (Å²) in [5.74, 6) is -0.140. The van der Waals surface area contributed by atoms with Crippen molar-refractivity contribution < 1.29 is 13.5 Å². The van der Waals surface area contributed by atoms with E-state index in [0.29, 0.717) is 0 Å². The molecule has 0 saturated carbocycles. The third-order valence-electron chi connectivity index (χ3n) is 1.52. The van der Waals surface area contributed by atoms with E-state index >= 15 is 0 Å². The molecule has 4 nitrogen and oxygen atoms in total. The fourth-order valence-electron chi connectivity index (χ4n) is 0.849. The van der Waals surface area contributed by atoms with E-state index in [2.05, 4.69) is 15.9 Å². The Morgan fingerprint density at radius 3 is 2.46 bits per heavy atom. The van der Waals surface area contributed by atoms with Crippen LogP contribution in [0, 0.1) is 0 Å². The van der Waals surface area contributed by atoms with Gasteiger partial charge in [-0.15, -0.1) is 0 Å². The summed E-state index contributed by atoms with van der Waals surface area (Å²) < 4.78 is 22.5. The Bertz CT molecular complexity index is 441. The number of nitrogens with two attached hydrogens (primary N) is 1. The van der Waals surface area contributed by atoms with Crippen LogP contribution in [0.1, 0.15) is 0 Å². The monoisotopic (exact) mass is 265 g/mol. The molecule has 0 radical (unpaired) electrons. The van der Waals surface area contributed by atoms with Crippen molar-refractivity contribution in [1.82, 2.24) is 0 Å². The smallest absolute Gasteiger partial charge is 0.176 e. The largest absolute Gasteiger partial charge is 0.506 e. The molecule has 72 valence electrons. The lowest BCUT2D eigenvalue weighted by molar-refractivity contribution is 0.477. The summed E-state index contributed by atoms with van der Waals surface area (Å²) in [6.45, 7) is 0. The second-order valence-electron chi connectivity index (χ2n) is 2.58. The molecular formula is C7H8BrNO3S. The number of anilines is 1. The molecule has 0 spiro atoms. The van der Waals surface area contributed by atoms with Crippen LogP contribution < -0.4 is 5.73 Å². The topological polar surface area (TPSA) is 80.4 Å². The third kappa shape index (κ3) is 1.94. The Labute approximate surface area is 84.4 Å². The Kier molecular flexibility index (Phi) is 2.53. The van der Waals surface area contributed by atoms with Crippen molar-refractivity contribution in [2.24, 2.45) is 0 Å². The van der Waals surface area contributed by atoms with Crippen LogP contribution in [0.25, 0.3) is 0 Å². The zero-order valence-electron chi connectivity index (χ0n) is 6.78. The highest BCUT2D eigenvalue weighted by Gasteiger charge is 2.15. The zero-order valence-corrected chi connectivity index (χ0v) is 9.18. The average molecular weight is 266 g/mol. The van der Waals surface area contributed by atoms with Gasteiger partial charge in [-0.1, -0.05) is 0 Å². The fourth-order valence-corrected chi connectivity index (χ4v) is 2.82. The summed E-state index contributed by atoms with van der Waals surface area (Å²) in [5.41, 5.74) is 5.45. The van der Waals surface area contributed by atoms with Crippen LogP contribution in [0.4, 0.5) is 5.69 Å². The van der Waals surface area contributed by atoms with Crippen molar-refractivity contribution in [2.75, 3.05) is 12.0 Å². The molecule has 0 aliphatic rings. The first-order chi connectivity index (χ1) is 5.84. The number of halogens is 1. The van der Waals surface area contributed by atoms with E-state index in [1.165, 1.54) is 12.1 Å². The predicted molar refractivity (Wildman–Crippen MR) is 53.3 cm³/mol. The molecule has 6 heteroatoms. The van der Waals surface area contributed by atoms with Gasteiger partial charge in [0.15, 0.2) is 9.84 Å². The van der Waals surface area contributed by atoms with Crippen molar-refractivity contribution in [3.05, 3.63) is 16.6 Å². The van der Waals surface area contributed by atoms with Gasteiger partial charge >= 0.3 is 0 Å². The lowest BCUT2D eigenvalue weighted by Gasteiger charge is -2.06. The lowest BCUT2D eigenvalue weighted by Crippen LogP contribution is -2.00. The van der Waals surface area contributed by atoms with Gasteiger partial charge in [-0.25, -0.2) is 8.42 Å². The van der Waals surface area contributed by atoms with Gasteiger partial charge in [-0.3, -0.25) is 0 Å². The number of sulfone groups is 1. The van der Waals surface area contributed by atoms with Crippen LogP contribution >= 0.6 is 15.9 Å². The Morgan fingerprint density at radius 2 is 2.00 bits per heavy atom. The molecule has 0 saturated heterocycles. The van der Waals surface area contributed by atoms with Gasteiger partial charge in [-0.05, 0) is 28.1 Å². The number of phenolic OH excluding ortho intramolecular Hbond substituents is 1. The summed E-state index contributed by atoms with van der Waals surface area (Å²) in [4.78, 5) is 0.0720. The van der Waals surface area contributed by atoms with Gasteiger partial charge < -0.3 is 10.8 Å². The van der Waals surface area contributed by atoms with Crippen LogP contribution in [0.3, 0.4) is 0 Å². The number of rotatable bonds is 1. The maximum absolute atomic E-state index is 11.2. The zero-order chi connectivity index (χ0) is 10.2. The summed E-state index contributed by atoms with van der Waals surface area (Å²) in [6.07, 6.45) is 1.07. The fraction of sp³-hybridized carbons (Fsp3) is 0.143. The molecule has 0 atom stereocenters. The summed E-state index contributed by atoms with van der Waals surface area (Å²) >= 11 is 3.00. The molecule has 3 N–H and O–H groups in total. The number of hydrogen-bond acceptors (Lipinski definition) is 4. The first-order valence-corrected chi connectivity index (χ1v) is 5.99. The molecule has 13 heavy (non-hydrogen) atoms. The van der Waals surface area contributed by atoms with Gasteiger partial charge in [0.05, 0.1) is 15.1 Å². The highest BCUT2D eigenvalue weighted by molar-refractivity contribution is 9.10. The van der Waals surface area contributed by atoms with Crippen LogP contribution in [0.2, 0.25) is 0 Å². The van der Waals surface area contributed by atoms with Gasteiger partial charge in [0.25, 0.3) is 0 Å². The first kappa shape index (κ1) is 10.3. The third-order valence-corrected chi connectivity index (χ3v) is 3.78. The second-order valence-corrected chi connectivity index (χ2v) is 5.36. The molecule has 0 amide bonds. The molecule has 1 aromatic rings. The van der Waals surface area contributed by atoms with Gasteiger partial charge in [0, 0.05) is 6.26 Å². The predicted octanol–water partition coefficient (Wildman–Crippen LogP) is 1.14. The second kappa shape index (κ2) is 3.19. The highest BCUT2D eigenvalue weighted by Crippen LogP contribution is 2.34. The minimum atomic E-state index is -3.31. The van der Waals surface area contributed by atoms with Crippen molar-refractivity contribution in [1.29, 1.82) is 0 Å². The summed E-state index contributed by atoms with van der Waals surface area (Å²) in [6, 6.07) is 2.54. The molecule has 0 fully saturated rings. The normalized spacial score (nSPS) is 11.5. The lowest BCUT2D eigenvalue weighted by atomic mass is 10.3. The van der Waals surface area contributed by atoms with Crippen molar-refractivity contribution in [3.8, 4) is 5.75 Å². The van der Waals surface area contributed by atoms with Crippen LogP contribution in [-0.4, -0.2) is 19.8 Å². The van der Waals surface area contributed by atoms with Gasteiger partial charge in [-0.2, -0.15) is 0 Å². The average Bonchev–Trinajstić information content (AvgIpc) is 1.98. The Balaban J connectivity index is 3.53. The molecule has 0 unspecified atom stereocenters. The van der Waals surface area contributed by atoms with Gasteiger partial charge in [0.1, 0.15) is 5.75 Å². The van der Waals surface area contributed by atoms with Crippen molar-refractivity contribution >= 4 is 31.5 Å².